The van der Waals surface area contributed by atoms with Gasteiger partial charge in [-0.15, -0.1) is 12.4 Å². The Balaban J connectivity index is 0.00000180. The number of carbonyl (C=O) groups is 1. The van der Waals surface area contributed by atoms with E-state index >= 15 is 0 Å². The van der Waals surface area contributed by atoms with E-state index in [1.807, 2.05) is 24.3 Å². The van der Waals surface area contributed by atoms with E-state index in [2.05, 4.69) is 5.32 Å². The maximum absolute atomic E-state index is 12.0. The van der Waals surface area contributed by atoms with Crippen molar-refractivity contribution in [1.29, 1.82) is 0 Å². The van der Waals surface area contributed by atoms with Crippen LogP contribution in [0.2, 0.25) is 5.02 Å². The third kappa shape index (κ3) is 3.85. The maximum atomic E-state index is 12.0. The molecule has 106 valence electrons. The lowest BCUT2D eigenvalue weighted by Crippen LogP contribution is -2.42. The minimum absolute atomic E-state index is 0. The zero-order valence-corrected chi connectivity index (χ0v) is 12.5. The number of nitrogens with one attached hydrogen (secondary N) is 1. The fourth-order valence-corrected chi connectivity index (χ4v) is 2.78. The fourth-order valence-electron chi connectivity index (χ4n) is 2.53. The SMILES string of the molecule is COC(=O)[C@H](c1ccccc1Cl)[C@H]1CCCCN1.Cl. The van der Waals surface area contributed by atoms with Crippen LogP contribution in [0.3, 0.4) is 0 Å². The molecule has 0 saturated carbocycles. The molecule has 1 heterocycles. The van der Waals surface area contributed by atoms with Gasteiger partial charge in [0, 0.05) is 11.1 Å². The molecule has 19 heavy (non-hydrogen) atoms. The monoisotopic (exact) mass is 303 g/mol. The second kappa shape index (κ2) is 7.73. The van der Waals surface area contributed by atoms with Gasteiger partial charge in [0.15, 0.2) is 0 Å². The van der Waals surface area contributed by atoms with Crippen molar-refractivity contribution in [2.24, 2.45) is 0 Å². The van der Waals surface area contributed by atoms with Crippen LogP contribution in [0.25, 0.3) is 0 Å². The average Bonchev–Trinajstić information content (AvgIpc) is 2.42. The first-order valence-electron chi connectivity index (χ1n) is 6.29. The highest BCUT2D eigenvalue weighted by molar-refractivity contribution is 6.31. The molecule has 2 atom stereocenters. The summed E-state index contributed by atoms with van der Waals surface area (Å²) in [7, 11) is 1.43. The van der Waals surface area contributed by atoms with E-state index in [1.54, 1.807) is 0 Å². The van der Waals surface area contributed by atoms with Gasteiger partial charge in [0.05, 0.1) is 13.0 Å². The third-order valence-corrected chi connectivity index (χ3v) is 3.79. The second-order valence-electron chi connectivity index (χ2n) is 4.58. The minimum atomic E-state index is -0.316. The lowest BCUT2D eigenvalue weighted by atomic mass is 9.86. The van der Waals surface area contributed by atoms with E-state index in [-0.39, 0.29) is 30.3 Å². The van der Waals surface area contributed by atoms with Crippen molar-refractivity contribution in [3.8, 4) is 0 Å². The van der Waals surface area contributed by atoms with E-state index in [9.17, 15) is 4.79 Å². The van der Waals surface area contributed by atoms with Crippen molar-refractivity contribution in [2.75, 3.05) is 13.7 Å². The van der Waals surface area contributed by atoms with Crippen LogP contribution in [0.15, 0.2) is 24.3 Å². The van der Waals surface area contributed by atoms with Gasteiger partial charge in [0.2, 0.25) is 0 Å². The van der Waals surface area contributed by atoms with Crippen molar-refractivity contribution < 1.29 is 9.53 Å². The van der Waals surface area contributed by atoms with Gasteiger partial charge in [0.1, 0.15) is 0 Å². The summed E-state index contributed by atoms with van der Waals surface area (Å²) in [4.78, 5) is 12.0. The molecule has 1 aromatic rings. The number of methoxy groups -OCH3 is 1. The highest BCUT2D eigenvalue weighted by Crippen LogP contribution is 2.31. The third-order valence-electron chi connectivity index (χ3n) is 3.45. The van der Waals surface area contributed by atoms with Gasteiger partial charge >= 0.3 is 5.97 Å². The fraction of sp³-hybridized carbons (Fsp3) is 0.500. The van der Waals surface area contributed by atoms with Gasteiger partial charge in [-0.3, -0.25) is 4.79 Å². The van der Waals surface area contributed by atoms with E-state index in [4.69, 9.17) is 16.3 Å². The Bertz CT molecular complexity index is 420. The standard InChI is InChI=1S/C14H18ClNO2.ClH/c1-18-14(17)13(12-8-4-5-9-16-12)10-6-2-3-7-11(10)15;/h2-3,6-7,12-13,16H,4-5,8-9H2,1H3;1H/t12-,13-;/m1./s1. The molecule has 1 aromatic carbocycles. The van der Waals surface area contributed by atoms with Gasteiger partial charge in [-0.1, -0.05) is 36.2 Å². The molecule has 0 amide bonds. The predicted octanol–water partition coefficient (Wildman–Crippen LogP) is 3.16. The summed E-state index contributed by atoms with van der Waals surface area (Å²) in [5.74, 6) is -0.536. The van der Waals surface area contributed by atoms with Gasteiger partial charge in [-0.05, 0) is 31.0 Å². The Morgan fingerprint density at radius 3 is 2.74 bits per heavy atom. The van der Waals surface area contributed by atoms with Crippen molar-refractivity contribution in [3.63, 3.8) is 0 Å². The number of piperidine rings is 1. The molecule has 1 fully saturated rings. The first-order chi connectivity index (χ1) is 8.74. The molecular weight excluding hydrogens is 285 g/mol. The Morgan fingerprint density at radius 1 is 1.42 bits per heavy atom. The van der Waals surface area contributed by atoms with Gasteiger partial charge in [0.25, 0.3) is 0 Å². The number of hydrogen-bond donors (Lipinski definition) is 1. The van der Waals surface area contributed by atoms with Crippen LogP contribution in [0.1, 0.15) is 30.7 Å². The van der Waals surface area contributed by atoms with Gasteiger partial charge < -0.3 is 10.1 Å². The molecule has 2 rings (SSSR count). The van der Waals surface area contributed by atoms with Gasteiger partial charge in [-0.25, -0.2) is 0 Å². The summed E-state index contributed by atoms with van der Waals surface area (Å²) in [6.45, 7) is 0.947. The molecule has 1 aliphatic heterocycles. The molecule has 0 radical (unpaired) electrons. The number of benzene rings is 1. The normalized spacial score (nSPS) is 20.2. The van der Waals surface area contributed by atoms with Crippen LogP contribution in [0.5, 0.6) is 0 Å². The number of ether oxygens (including phenoxy) is 1. The average molecular weight is 304 g/mol. The number of esters is 1. The largest absolute Gasteiger partial charge is 0.469 e. The Kier molecular flexibility index (Phi) is 6.63. The minimum Gasteiger partial charge on any atom is -0.469 e. The summed E-state index contributed by atoms with van der Waals surface area (Å²) in [5.41, 5.74) is 0.852. The Hall–Kier alpha value is -0.770. The molecule has 3 nitrogen and oxygen atoms in total. The molecular formula is C14H19Cl2NO2. The summed E-state index contributed by atoms with van der Waals surface area (Å²) in [6, 6.07) is 7.61. The molecule has 5 heteroatoms. The van der Waals surface area contributed by atoms with E-state index in [0.717, 1.165) is 31.4 Å². The summed E-state index contributed by atoms with van der Waals surface area (Å²) < 4.78 is 4.94. The molecule has 1 aliphatic rings. The van der Waals surface area contributed by atoms with Gasteiger partial charge in [-0.2, -0.15) is 0 Å². The first kappa shape index (κ1) is 16.3. The topological polar surface area (TPSA) is 38.3 Å². The lowest BCUT2D eigenvalue weighted by molar-refractivity contribution is -0.143. The summed E-state index contributed by atoms with van der Waals surface area (Å²) in [5, 5.41) is 4.03. The maximum Gasteiger partial charge on any atom is 0.314 e. The molecule has 1 N–H and O–H groups in total. The van der Waals surface area contributed by atoms with Crippen molar-refractivity contribution in [2.45, 2.75) is 31.2 Å². The van der Waals surface area contributed by atoms with Crippen LogP contribution in [-0.2, 0) is 9.53 Å². The highest BCUT2D eigenvalue weighted by atomic mass is 35.5. The highest BCUT2D eigenvalue weighted by Gasteiger charge is 2.32. The van der Waals surface area contributed by atoms with Crippen LogP contribution in [0, 0.1) is 0 Å². The predicted molar refractivity (Wildman–Crippen MR) is 79.1 cm³/mol. The second-order valence-corrected chi connectivity index (χ2v) is 4.99. The Labute approximate surface area is 125 Å². The van der Waals surface area contributed by atoms with Crippen molar-refractivity contribution in [3.05, 3.63) is 34.9 Å². The molecule has 0 bridgehead atoms. The van der Waals surface area contributed by atoms with Crippen LogP contribution >= 0.6 is 24.0 Å². The molecule has 0 unspecified atom stereocenters. The van der Waals surface area contributed by atoms with E-state index in [1.165, 1.54) is 7.11 Å². The summed E-state index contributed by atoms with van der Waals surface area (Å²) >= 11 is 6.20. The quantitative estimate of drug-likeness (QED) is 0.872. The lowest BCUT2D eigenvalue weighted by Gasteiger charge is -2.30. The zero-order chi connectivity index (χ0) is 13.0. The smallest absolute Gasteiger partial charge is 0.314 e. The molecule has 0 aromatic heterocycles. The number of carbonyl (C=O) groups excluding carboxylic acids is 1. The summed E-state index contributed by atoms with van der Waals surface area (Å²) in [6.07, 6.45) is 3.27. The van der Waals surface area contributed by atoms with Crippen LogP contribution in [0.4, 0.5) is 0 Å². The number of hydrogen-bond acceptors (Lipinski definition) is 3. The molecule has 0 aliphatic carbocycles. The van der Waals surface area contributed by atoms with E-state index in [0.29, 0.717) is 5.02 Å². The first-order valence-corrected chi connectivity index (χ1v) is 6.67. The van der Waals surface area contributed by atoms with Crippen LogP contribution in [-0.4, -0.2) is 25.7 Å². The molecule has 0 spiro atoms. The van der Waals surface area contributed by atoms with Crippen LogP contribution < -0.4 is 5.32 Å². The number of halogens is 2. The van der Waals surface area contributed by atoms with E-state index < -0.39 is 0 Å². The number of rotatable bonds is 3. The Morgan fingerprint density at radius 2 is 2.16 bits per heavy atom. The van der Waals surface area contributed by atoms with Crippen molar-refractivity contribution in [1.82, 2.24) is 5.32 Å². The zero-order valence-electron chi connectivity index (χ0n) is 10.9. The molecule has 1 saturated heterocycles. The van der Waals surface area contributed by atoms with Crippen molar-refractivity contribution >= 4 is 30.0 Å².